The zero-order valence-corrected chi connectivity index (χ0v) is 16.9. The molecule has 2 aromatic carbocycles. The monoisotopic (exact) mass is 460 g/mol. The standard InChI is InChI=1S/C20H18BrFN4O3/c21-16-11-14(9-10-17(16)22)23-20(24-28)19-18(25-29-26-19)12-15(27)8-4-7-13-5-2-1-3-6-13/h1-3,5-6,9-11,28H,4,7-8,12H2,(H,23,24). The summed E-state index contributed by atoms with van der Waals surface area (Å²) < 4.78 is 18.3. The molecule has 0 bridgehead atoms. The minimum absolute atomic E-state index is 0.00142. The first kappa shape index (κ1) is 20.8. The van der Waals surface area contributed by atoms with Crippen LogP contribution >= 0.6 is 15.9 Å². The van der Waals surface area contributed by atoms with E-state index < -0.39 is 5.82 Å². The Hall–Kier alpha value is -2.91. The highest BCUT2D eigenvalue weighted by molar-refractivity contribution is 9.10. The van der Waals surface area contributed by atoms with Crippen molar-refractivity contribution >= 4 is 33.2 Å². The van der Waals surface area contributed by atoms with Gasteiger partial charge < -0.3 is 0 Å². The lowest BCUT2D eigenvalue weighted by Gasteiger charge is -2.04. The lowest BCUT2D eigenvalue weighted by Crippen LogP contribution is -2.22. The van der Waals surface area contributed by atoms with E-state index in [2.05, 4.69) is 31.2 Å². The van der Waals surface area contributed by atoms with Gasteiger partial charge in [-0.15, -0.1) is 0 Å². The van der Waals surface area contributed by atoms with Gasteiger partial charge in [-0.25, -0.2) is 14.0 Å². The fourth-order valence-electron chi connectivity index (χ4n) is 2.73. The number of hydrogen-bond acceptors (Lipinski definition) is 6. The van der Waals surface area contributed by atoms with Gasteiger partial charge in [-0.1, -0.05) is 35.5 Å². The minimum Gasteiger partial charge on any atom is -0.299 e. The Morgan fingerprint density at radius 1 is 1.21 bits per heavy atom. The largest absolute Gasteiger partial charge is 0.299 e. The van der Waals surface area contributed by atoms with Crippen LogP contribution in [0.15, 0.2) is 62.6 Å². The lowest BCUT2D eigenvalue weighted by atomic mass is 10.0. The molecule has 0 fully saturated rings. The smallest absolute Gasteiger partial charge is 0.182 e. The molecule has 0 amide bonds. The molecule has 0 aliphatic carbocycles. The van der Waals surface area contributed by atoms with E-state index in [1.165, 1.54) is 23.8 Å². The van der Waals surface area contributed by atoms with Gasteiger partial charge in [0.15, 0.2) is 11.5 Å². The molecule has 0 radical (unpaired) electrons. The van der Waals surface area contributed by atoms with Crippen LogP contribution in [0.5, 0.6) is 0 Å². The molecule has 150 valence electrons. The third-order valence-corrected chi connectivity index (χ3v) is 4.77. The summed E-state index contributed by atoms with van der Waals surface area (Å²) in [6, 6.07) is 14.0. The van der Waals surface area contributed by atoms with Crippen molar-refractivity contribution in [3.05, 3.63) is 75.8 Å². The van der Waals surface area contributed by atoms with E-state index in [1.807, 2.05) is 35.8 Å². The molecule has 0 aliphatic rings. The van der Waals surface area contributed by atoms with Crippen LogP contribution in [0.2, 0.25) is 0 Å². The van der Waals surface area contributed by atoms with Crippen LogP contribution in [0, 0.1) is 5.82 Å². The molecule has 1 heterocycles. The minimum atomic E-state index is -0.438. The number of amidine groups is 1. The fraction of sp³-hybridized carbons (Fsp3) is 0.200. The van der Waals surface area contributed by atoms with E-state index in [9.17, 15) is 14.4 Å². The molecule has 1 aromatic heterocycles. The van der Waals surface area contributed by atoms with Crippen molar-refractivity contribution in [2.24, 2.45) is 4.99 Å². The second kappa shape index (κ2) is 10.0. The van der Waals surface area contributed by atoms with Crippen LogP contribution in [0.25, 0.3) is 0 Å². The topological polar surface area (TPSA) is 101 Å². The number of hydrogen-bond donors (Lipinski definition) is 2. The van der Waals surface area contributed by atoms with Crippen LogP contribution in [0.1, 0.15) is 29.8 Å². The predicted molar refractivity (Wildman–Crippen MR) is 108 cm³/mol. The molecule has 3 aromatic rings. The molecule has 29 heavy (non-hydrogen) atoms. The first-order chi connectivity index (χ1) is 14.1. The van der Waals surface area contributed by atoms with E-state index >= 15 is 0 Å². The maximum atomic E-state index is 13.4. The number of aryl methyl sites for hydroxylation is 1. The van der Waals surface area contributed by atoms with Crippen molar-refractivity contribution in [2.75, 3.05) is 0 Å². The molecule has 0 unspecified atom stereocenters. The lowest BCUT2D eigenvalue weighted by molar-refractivity contribution is -0.118. The summed E-state index contributed by atoms with van der Waals surface area (Å²) >= 11 is 3.08. The van der Waals surface area contributed by atoms with Gasteiger partial charge in [0.05, 0.1) is 16.6 Å². The summed E-state index contributed by atoms with van der Waals surface area (Å²) in [5.74, 6) is -0.524. The Morgan fingerprint density at radius 2 is 2.00 bits per heavy atom. The van der Waals surface area contributed by atoms with Gasteiger partial charge in [-0.05, 0) is 57.7 Å². The molecule has 0 spiro atoms. The number of rotatable bonds is 8. The summed E-state index contributed by atoms with van der Waals surface area (Å²) in [5.41, 5.74) is 3.84. The van der Waals surface area contributed by atoms with E-state index in [0.717, 1.165) is 6.42 Å². The second-order valence-corrected chi connectivity index (χ2v) is 7.14. The SMILES string of the molecule is O=C(CCCc1ccccc1)Cc1nonc1C(=Nc1ccc(F)c(Br)c1)NO. The predicted octanol–water partition coefficient (Wildman–Crippen LogP) is 4.16. The summed E-state index contributed by atoms with van der Waals surface area (Å²) in [5, 5.41) is 16.9. The number of hydroxylamine groups is 1. The molecule has 0 saturated heterocycles. The first-order valence-electron chi connectivity index (χ1n) is 8.88. The molecule has 3 rings (SSSR count). The molecule has 0 saturated carbocycles. The Morgan fingerprint density at radius 3 is 2.72 bits per heavy atom. The van der Waals surface area contributed by atoms with Crippen molar-refractivity contribution in [2.45, 2.75) is 25.7 Å². The van der Waals surface area contributed by atoms with Gasteiger partial charge in [0.25, 0.3) is 0 Å². The van der Waals surface area contributed by atoms with Gasteiger partial charge in [-0.3, -0.25) is 15.5 Å². The normalized spacial score (nSPS) is 11.5. The van der Waals surface area contributed by atoms with Gasteiger partial charge in [0.2, 0.25) is 0 Å². The summed E-state index contributed by atoms with van der Waals surface area (Å²) in [4.78, 5) is 16.5. The zero-order chi connectivity index (χ0) is 20.6. The van der Waals surface area contributed by atoms with Crippen molar-refractivity contribution < 1.29 is 19.0 Å². The molecular weight excluding hydrogens is 443 g/mol. The van der Waals surface area contributed by atoms with E-state index in [-0.39, 0.29) is 33.9 Å². The number of aliphatic imine (C=N–C) groups is 1. The third-order valence-electron chi connectivity index (χ3n) is 4.16. The number of nitrogens with one attached hydrogen (secondary N) is 1. The van der Waals surface area contributed by atoms with Gasteiger partial charge in [0, 0.05) is 6.42 Å². The van der Waals surface area contributed by atoms with Gasteiger partial charge in [-0.2, -0.15) is 0 Å². The van der Waals surface area contributed by atoms with Gasteiger partial charge in [0.1, 0.15) is 17.3 Å². The van der Waals surface area contributed by atoms with Crippen molar-refractivity contribution in [1.82, 2.24) is 15.8 Å². The Bertz CT molecular complexity index is 1010. The molecule has 0 aliphatic heterocycles. The zero-order valence-electron chi connectivity index (χ0n) is 15.3. The van der Waals surface area contributed by atoms with Crippen LogP contribution in [-0.4, -0.2) is 27.1 Å². The number of benzene rings is 2. The molecule has 0 atom stereocenters. The first-order valence-corrected chi connectivity index (χ1v) is 9.67. The average molecular weight is 461 g/mol. The maximum absolute atomic E-state index is 13.4. The second-order valence-electron chi connectivity index (χ2n) is 6.28. The fourth-order valence-corrected chi connectivity index (χ4v) is 3.09. The van der Waals surface area contributed by atoms with Crippen molar-refractivity contribution in [3.63, 3.8) is 0 Å². The maximum Gasteiger partial charge on any atom is 0.182 e. The quantitative estimate of drug-likeness (QED) is 0.297. The Balaban J connectivity index is 1.66. The van der Waals surface area contributed by atoms with Crippen molar-refractivity contribution in [1.29, 1.82) is 0 Å². The highest BCUT2D eigenvalue weighted by Gasteiger charge is 2.19. The number of Topliss-reactive ketones (excluding diaryl/α,β-unsaturated/α-hetero) is 1. The number of halogens is 2. The highest BCUT2D eigenvalue weighted by Crippen LogP contribution is 2.23. The van der Waals surface area contributed by atoms with Crippen LogP contribution < -0.4 is 5.48 Å². The van der Waals surface area contributed by atoms with E-state index in [1.54, 1.807) is 0 Å². The number of nitrogens with zero attached hydrogens (tertiary/aromatic N) is 3. The Labute approximate surface area is 174 Å². The summed E-state index contributed by atoms with van der Waals surface area (Å²) in [7, 11) is 0. The summed E-state index contributed by atoms with van der Waals surface area (Å²) in [6.45, 7) is 0. The molecular formula is C20H18BrFN4O3. The van der Waals surface area contributed by atoms with Crippen LogP contribution in [0.4, 0.5) is 10.1 Å². The number of carbonyl (C=O) groups is 1. The number of carbonyl (C=O) groups excluding carboxylic acids is 1. The van der Waals surface area contributed by atoms with E-state index in [4.69, 9.17) is 4.63 Å². The summed E-state index contributed by atoms with van der Waals surface area (Å²) in [6.07, 6.45) is 1.90. The molecule has 2 N–H and O–H groups in total. The third kappa shape index (κ3) is 5.78. The molecule has 7 nitrogen and oxygen atoms in total. The number of aromatic nitrogens is 2. The van der Waals surface area contributed by atoms with E-state index in [0.29, 0.717) is 18.5 Å². The Kier molecular flexibility index (Phi) is 7.20. The average Bonchev–Trinajstić information content (AvgIpc) is 3.17. The number of ketones is 1. The van der Waals surface area contributed by atoms with Crippen LogP contribution in [0.3, 0.4) is 0 Å². The van der Waals surface area contributed by atoms with Crippen LogP contribution in [-0.2, 0) is 17.6 Å². The molecule has 9 heteroatoms. The van der Waals surface area contributed by atoms with Gasteiger partial charge >= 0.3 is 0 Å². The van der Waals surface area contributed by atoms with Crippen molar-refractivity contribution in [3.8, 4) is 0 Å². The highest BCUT2D eigenvalue weighted by atomic mass is 79.9.